The average molecular weight is 323 g/mol. The summed E-state index contributed by atoms with van der Waals surface area (Å²) in [6.07, 6.45) is 3.88. The van der Waals surface area contributed by atoms with Gasteiger partial charge in [0.1, 0.15) is 11.6 Å². The normalized spacial score (nSPS) is 18.7. The minimum absolute atomic E-state index is 0. The Morgan fingerprint density at radius 1 is 1.32 bits per heavy atom. The van der Waals surface area contributed by atoms with Gasteiger partial charge in [0.2, 0.25) is 0 Å². The number of aromatic nitrogens is 2. The highest BCUT2D eigenvalue weighted by molar-refractivity contribution is 5.85. The van der Waals surface area contributed by atoms with E-state index < -0.39 is 0 Å². The molecule has 0 bridgehead atoms. The van der Waals surface area contributed by atoms with E-state index in [1.807, 2.05) is 24.5 Å². The van der Waals surface area contributed by atoms with Crippen LogP contribution in [-0.2, 0) is 13.6 Å². The van der Waals surface area contributed by atoms with Crippen molar-refractivity contribution in [2.45, 2.75) is 12.6 Å². The molecule has 1 unspecified atom stereocenters. The number of nitrogens with one attached hydrogen (secondary N) is 1. The molecule has 2 aromatic rings. The van der Waals surface area contributed by atoms with Crippen LogP contribution in [0, 0.1) is 0 Å². The molecule has 2 heterocycles. The van der Waals surface area contributed by atoms with Crippen molar-refractivity contribution >= 4 is 12.4 Å². The summed E-state index contributed by atoms with van der Waals surface area (Å²) in [7, 11) is 3.75. The first-order chi connectivity index (χ1) is 10.3. The molecule has 120 valence electrons. The van der Waals surface area contributed by atoms with Gasteiger partial charge in [0.05, 0.1) is 13.2 Å². The van der Waals surface area contributed by atoms with Crippen molar-refractivity contribution in [3.05, 3.63) is 48.0 Å². The summed E-state index contributed by atoms with van der Waals surface area (Å²) in [5.41, 5.74) is 1.30. The third-order valence-corrected chi connectivity index (χ3v) is 4.06. The van der Waals surface area contributed by atoms with Crippen molar-refractivity contribution < 1.29 is 4.74 Å². The molecular formula is C16H23ClN4O. The number of methoxy groups -OCH3 is 1. The van der Waals surface area contributed by atoms with Crippen LogP contribution in [0.25, 0.3) is 0 Å². The summed E-state index contributed by atoms with van der Waals surface area (Å²) in [4.78, 5) is 7.01. The predicted octanol–water partition coefficient (Wildman–Crippen LogP) is 2.00. The summed E-state index contributed by atoms with van der Waals surface area (Å²) in [6.45, 7) is 3.94. The molecule has 1 aliphatic heterocycles. The van der Waals surface area contributed by atoms with E-state index in [1.165, 1.54) is 5.56 Å². The van der Waals surface area contributed by atoms with Gasteiger partial charge in [0, 0.05) is 45.6 Å². The maximum atomic E-state index is 5.22. The SMILES string of the molecule is COc1ccc(CN2CCNCC2c2nccn2C)cc1.Cl. The van der Waals surface area contributed by atoms with Gasteiger partial charge in [-0.3, -0.25) is 4.90 Å². The maximum absolute atomic E-state index is 5.22. The van der Waals surface area contributed by atoms with Gasteiger partial charge < -0.3 is 14.6 Å². The second-order valence-electron chi connectivity index (χ2n) is 5.43. The lowest BCUT2D eigenvalue weighted by atomic mass is 10.1. The maximum Gasteiger partial charge on any atom is 0.127 e. The molecule has 1 aromatic carbocycles. The van der Waals surface area contributed by atoms with Crippen LogP contribution < -0.4 is 10.1 Å². The zero-order valence-corrected chi connectivity index (χ0v) is 13.8. The largest absolute Gasteiger partial charge is 0.497 e. The Morgan fingerprint density at radius 3 is 2.73 bits per heavy atom. The molecule has 3 rings (SSSR count). The molecule has 6 heteroatoms. The van der Waals surface area contributed by atoms with Crippen LogP contribution in [0.1, 0.15) is 17.4 Å². The standard InChI is InChI=1S/C16H22N4O.ClH/c1-19-9-8-18-16(19)15-11-17-7-10-20(15)12-13-3-5-14(21-2)6-4-13;/h3-6,8-9,15,17H,7,10-12H2,1-2H3;1H. The van der Waals surface area contributed by atoms with E-state index in [2.05, 4.69) is 38.9 Å². The van der Waals surface area contributed by atoms with Crippen molar-refractivity contribution in [3.63, 3.8) is 0 Å². The van der Waals surface area contributed by atoms with Crippen LogP contribution in [-0.4, -0.2) is 41.2 Å². The molecule has 0 saturated carbocycles. The molecule has 1 aliphatic rings. The highest BCUT2D eigenvalue weighted by atomic mass is 35.5. The Hall–Kier alpha value is -1.56. The van der Waals surface area contributed by atoms with Gasteiger partial charge in [-0.2, -0.15) is 0 Å². The van der Waals surface area contributed by atoms with Crippen LogP contribution in [0.5, 0.6) is 5.75 Å². The van der Waals surface area contributed by atoms with Gasteiger partial charge in [0.15, 0.2) is 0 Å². The molecule has 0 amide bonds. The van der Waals surface area contributed by atoms with Crippen LogP contribution in [0.2, 0.25) is 0 Å². The molecular weight excluding hydrogens is 300 g/mol. The lowest BCUT2D eigenvalue weighted by Crippen LogP contribution is -2.46. The third-order valence-electron chi connectivity index (χ3n) is 4.06. The number of imidazole rings is 1. The lowest BCUT2D eigenvalue weighted by molar-refractivity contribution is 0.144. The van der Waals surface area contributed by atoms with Crippen molar-refractivity contribution in [2.75, 3.05) is 26.7 Å². The predicted molar refractivity (Wildman–Crippen MR) is 89.5 cm³/mol. The minimum atomic E-state index is 0. The van der Waals surface area contributed by atoms with Crippen LogP contribution in [0.15, 0.2) is 36.7 Å². The number of rotatable bonds is 4. The lowest BCUT2D eigenvalue weighted by Gasteiger charge is -2.35. The first kappa shape index (κ1) is 16.8. The van der Waals surface area contributed by atoms with Crippen LogP contribution >= 0.6 is 12.4 Å². The van der Waals surface area contributed by atoms with Crippen molar-refractivity contribution in [2.24, 2.45) is 7.05 Å². The fourth-order valence-corrected chi connectivity index (χ4v) is 2.85. The zero-order chi connectivity index (χ0) is 14.7. The zero-order valence-electron chi connectivity index (χ0n) is 13.0. The van der Waals surface area contributed by atoms with Gasteiger partial charge in [-0.05, 0) is 17.7 Å². The number of aryl methyl sites for hydroxylation is 1. The fraction of sp³-hybridized carbons (Fsp3) is 0.438. The fourth-order valence-electron chi connectivity index (χ4n) is 2.85. The van der Waals surface area contributed by atoms with Gasteiger partial charge in [-0.1, -0.05) is 12.1 Å². The Labute approximate surface area is 137 Å². The van der Waals surface area contributed by atoms with E-state index in [1.54, 1.807) is 7.11 Å². The van der Waals surface area contributed by atoms with Crippen LogP contribution in [0.3, 0.4) is 0 Å². The number of ether oxygens (including phenoxy) is 1. The molecule has 0 radical (unpaired) electrons. The second-order valence-corrected chi connectivity index (χ2v) is 5.43. The molecule has 0 aliphatic carbocycles. The molecule has 1 N–H and O–H groups in total. The highest BCUT2D eigenvalue weighted by Gasteiger charge is 2.26. The summed E-state index contributed by atoms with van der Waals surface area (Å²) in [5, 5.41) is 3.47. The summed E-state index contributed by atoms with van der Waals surface area (Å²) < 4.78 is 7.33. The summed E-state index contributed by atoms with van der Waals surface area (Å²) in [5.74, 6) is 2.02. The number of hydrogen-bond donors (Lipinski definition) is 1. The van der Waals surface area contributed by atoms with E-state index in [9.17, 15) is 0 Å². The third kappa shape index (κ3) is 3.61. The summed E-state index contributed by atoms with van der Waals surface area (Å²) in [6, 6.07) is 8.63. The number of benzene rings is 1. The molecule has 1 fully saturated rings. The number of nitrogens with zero attached hydrogens (tertiary/aromatic N) is 3. The molecule has 1 atom stereocenters. The number of hydrogen-bond acceptors (Lipinski definition) is 4. The number of piperazine rings is 1. The van der Waals surface area contributed by atoms with Crippen molar-refractivity contribution in [1.82, 2.24) is 19.8 Å². The van der Waals surface area contributed by atoms with Crippen molar-refractivity contribution in [3.8, 4) is 5.75 Å². The highest BCUT2D eigenvalue weighted by Crippen LogP contribution is 2.23. The van der Waals surface area contributed by atoms with E-state index in [0.29, 0.717) is 6.04 Å². The Bertz CT molecular complexity index is 584. The van der Waals surface area contributed by atoms with Gasteiger partial charge >= 0.3 is 0 Å². The average Bonchev–Trinajstić information content (AvgIpc) is 2.95. The quantitative estimate of drug-likeness (QED) is 0.935. The first-order valence-electron chi connectivity index (χ1n) is 7.33. The summed E-state index contributed by atoms with van der Waals surface area (Å²) >= 11 is 0. The minimum Gasteiger partial charge on any atom is -0.497 e. The smallest absolute Gasteiger partial charge is 0.127 e. The molecule has 1 saturated heterocycles. The molecule has 1 aromatic heterocycles. The Balaban J connectivity index is 0.00000176. The molecule has 22 heavy (non-hydrogen) atoms. The number of halogens is 1. The van der Waals surface area contributed by atoms with E-state index >= 15 is 0 Å². The van der Waals surface area contributed by atoms with E-state index in [0.717, 1.165) is 37.8 Å². The van der Waals surface area contributed by atoms with Gasteiger partial charge in [-0.15, -0.1) is 12.4 Å². The van der Waals surface area contributed by atoms with E-state index in [-0.39, 0.29) is 12.4 Å². The Kier molecular flexibility index (Phi) is 5.83. The van der Waals surface area contributed by atoms with Crippen molar-refractivity contribution in [1.29, 1.82) is 0 Å². The molecule has 5 nitrogen and oxygen atoms in total. The van der Waals surface area contributed by atoms with Gasteiger partial charge in [0.25, 0.3) is 0 Å². The molecule has 0 spiro atoms. The second kappa shape index (κ2) is 7.63. The first-order valence-corrected chi connectivity index (χ1v) is 7.33. The Morgan fingerprint density at radius 2 is 2.09 bits per heavy atom. The topological polar surface area (TPSA) is 42.3 Å². The van der Waals surface area contributed by atoms with Gasteiger partial charge in [-0.25, -0.2) is 4.98 Å². The van der Waals surface area contributed by atoms with Crippen LogP contribution in [0.4, 0.5) is 0 Å². The monoisotopic (exact) mass is 322 g/mol. The van der Waals surface area contributed by atoms with E-state index in [4.69, 9.17) is 4.74 Å².